The van der Waals surface area contributed by atoms with Crippen molar-refractivity contribution < 1.29 is 33.9 Å². The molecule has 0 saturated heterocycles. The van der Waals surface area contributed by atoms with Crippen LogP contribution in [-0.4, -0.2) is 95.6 Å². The van der Waals surface area contributed by atoms with Crippen molar-refractivity contribution in [3.63, 3.8) is 0 Å². The number of carbonyl (C=O) groups is 2. The Bertz CT molecular complexity index is 631. The smallest absolute Gasteiger partial charge is 0.359 e. The van der Waals surface area contributed by atoms with Crippen LogP contribution < -0.4 is 0 Å². The predicted molar refractivity (Wildman–Crippen MR) is 147 cm³/mol. The van der Waals surface area contributed by atoms with Crippen molar-refractivity contribution in [2.75, 3.05) is 47.3 Å². The van der Waals surface area contributed by atoms with Gasteiger partial charge in [0.2, 0.25) is 5.84 Å². The Morgan fingerprint density at radius 1 is 0.833 bits per heavy atom. The van der Waals surface area contributed by atoms with Crippen LogP contribution in [0, 0.1) is 0 Å². The molecule has 212 valence electrons. The second-order valence-electron chi connectivity index (χ2n) is 11.4. The van der Waals surface area contributed by atoms with Crippen molar-refractivity contribution in [2.45, 2.75) is 116 Å². The second kappa shape index (κ2) is 19.6. The van der Waals surface area contributed by atoms with Crippen molar-refractivity contribution in [3.05, 3.63) is 0 Å². The van der Waals surface area contributed by atoms with Gasteiger partial charge in [0.15, 0.2) is 19.3 Å². The van der Waals surface area contributed by atoms with Gasteiger partial charge in [-0.2, -0.15) is 0 Å². The molecular weight excluding hydrogens is 458 g/mol. The van der Waals surface area contributed by atoms with Crippen LogP contribution in [0.5, 0.6) is 0 Å². The molecule has 2 atom stereocenters. The lowest BCUT2D eigenvalue weighted by Crippen LogP contribution is -2.59. The highest BCUT2D eigenvalue weighted by Crippen LogP contribution is 2.23. The third-order valence-electron chi connectivity index (χ3n) is 6.80. The number of carboxylic acid groups (broad SMARTS) is 2. The molecule has 8 nitrogen and oxygen atoms in total. The first-order valence-electron chi connectivity index (χ1n) is 14.3. The molecule has 8 heteroatoms. The van der Waals surface area contributed by atoms with Gasteiger partial charge in [-0.3, -0.25) is 0 Å². The first kappa shape index (κ1) is 34.5. The van der Waals surface area contributed by atoms with Crippen LogP contribution in [-0.2, 0) is 9.59 Å². The van der Waals surface area contributed by atoms with Crippen LogP contribution in [0.4, 0.5) is 0 Å². The van der Waals surface area contributed by atoms with E-state index in [2.05, 4.69) is 11.9 Å². The average Bonchev–Trinajstić information content (AvgIpc) is 3.15. The highest BCUT2D eigenvalue weighted by molar-refractivity contribution is 5.80. The van der Waals surface area contributed by atoms with Crippen LogP contribution in [0.2, 0.25) is 0 Å². The molecule has 0 spiro atoms. The number of rotatable bonds is 20. The van der Waals surface area contributed by atoms with Crippen molar-refractivity contribution in [2.24, 2.45) is 4.99 Å². The molecule has 36 heavy (non-hydrogen) atoms. The van der Waals surface area contributed by atoms with E-state index in [0.717, 1.165) is 18.7 Å². The van der Waals surface area contributed by atoms with E-state index in [1.807, 2.05) is 21.1 Å². The maximum absolute atomic E-state index is 11.2. The number of aliphatic imine (C=N–C) groups is 1. The summed E-state index contributed by atoms with van der Waals surface area (Å²) in [6.07, 6.45) is 18.7. The molecule has 3 N–H and O–H groups in total. The number of carboxylic acids is 2. The zero-order chi connectivity index (χ0) is 27.5. The number of hydrogen-bond donors (Lipinski definition) is 3. The largest absolute Gasteiger partial charge is 0.477 e. The van der Waals surface area contributed by atoms with E-state index in [1.165, 1.54) is 83.5 Å². The molecule has 0 aromatic carbocycles. The van der Waals surface area contributed by atoms with Crippen molar-refractivity contribution in [3.8, 4) is 0 Å². The first-order chi connectivity index (χ1) is 16.9. The number of aliphatic hydroxyl groups excluding tert-OH is 1. The number of aliphatic hydroxyl groups is 1. The molecule has 0 amide bonds. The van der Waals surface area contributed by atoms with E-state index in [1.54, 1.807) is 6.92 Å². The molecule has 0 aromatic rings. The number of quaternary nitrogens is 2. The zero-order valence-electron chi connectivity index (χ0n) is 24.0. The Kier molecular flexibility index (Phi) is 18.8. The molecule has 1 rings (SSSR count). The number of hydrogen-bond acceptors (Lipinski definition) is 4. The van der Waals surface area contributed by atoms with Crippen molar-refractivity contribution >= 4 is 17.8 Å². The third-order valence-corrected chi connectivity index (χ3v) is 6.80. The molecule has 0 aliphatic carbocycles. The third kappa shape index (κ3) is 17.0. The van der Waals surface area contributed by atoms with Gasteiger partial charge < -0.3 is 19.8 Å². The normalized spacial score (nSPS) is 18.3. The van der Waals surface area contributed by atoms with Gasteiger partial charge in [-0.25, -0.2) is 19.1 Å². The summed E-state index contributed by atoms with van der Waals surface area (Å²) in [5.74, 6) is -0.731. The van der Waals surface area contributed by atoms with Gasteiger partial charge in [-0.15, -0.1) is 0 Å². The predicted octanol–water partition coefficient (Wildman–Crippen LogP) is 5.29. The van der Waals surface area contributed by atoms with E-state index >= 15 is 0 Å². The SMILES string of the molecule is CCCCCCCCCCCCCCCCC1=NCC[N+]1(CC(=O)O)C(C)O.C[N+](C)(C)CC(=O)O. The van der Waals surface area contributed by atoms with E-state index in [0.29, 0.717) is 17.6 Å². The molecule has 2 unspecified atom stereocenters. The standard InChI is InChI=1S/C23H44N2O3.C5H11NO2/c1-3-4-5-6-7-8-9-10-11-12-13-14-15-16-17-22-24-18-19-25(22,21(2)26)20-23(27)28;1-6(2,3)4-5(7)8/h21,26H,3-20H2,1-2H3;4H2,1-3H3/p+2. The molecule has 1 aliphatic rings. The number of amidine groups is 1. The summed E-state index contributed by atoms with van der Waals surface area (Å²) in [7, 11) is 5.52. The van der Waals surface area contributed by atoms with Crippen LogP contribution in [0.25, 0.3) is 0 Å². The topological polar surface area (TPSA) is 107 Å². The Labute approximate surface area is 220 Å². The minimum atomic E-state index is -0.864. The Hall–Kier alpha value is -1.51. The zero-order valence-corrected chi connectivity index (χ0v) is 24.0. The Morgan fingerprint density at radius 2 is 1.28 bits per heavy atom. The fourth-order valence-electron chi connectivity index (χ4n) is 4.76. The van der Waals surface area contributed by atoms with E-state index in [-0.39, 0.29) is 17.6 Å². The molecule has 0 aromatic heterocycles. The van der Waals surface area contributed by atoms with Gasteiger partial charge >= 0.3 is 11.9 Å². The summed E-state index contributed by atoms with van der Waals surface area (Å²) in [5.41, 5.74) is 0. The molecule has 1 aliphatic heterocycles. The summed E-state index contributed by atoms with van der Waals surface area (Å²) < 4.78 is 0.614. The van der Waals surface area contributed by atoms with Crippen molar-refractivity contribution in [1.82, 2.24) is 0 Å². The number of unbranched alkanes of at least 4 members (excludes halogenated alkanes) is 13. The van der Waals surface area contributed by atoms with Crippen LogP contribution >= 0.6 is 0 Å². The Morgan fingerprint density at radius 3 is 1.61 bits per heavy atom. The molecule has 0 fully saturated rings. The monoisotopic (exact) mass is 515 g/mol. The summed E-state index contributed by atoms with van der Waals surface area (Å²) in [6.45, 7) is 5.32. The molecule has 0 saturated carbocycles. The lowest BCUT2D eigenvalue weighted by Gasteiger charge is -2.35. The summed E-state index contributed by atoms with van der Waals surface area (Å²) in [4.78, 5) is 25.8. The highest BCUT2D eigenvalue weighted by Gasteiger charge is 2.43. The fourth-order valence-corrected chi connectivity index (χ4v) is 4.76. The number of aliphatic carboxylic acids is 2. The van der Waals surface area contributed by atoms with Gasteiger partial charge in [-0.05, 0) is 6.42 Å². The highest BCUT2D eigenvalue weighted by atomic mass is 16.4. The summed E-state index contributed by atoms with van der Waals surface area (Å²) >= 11 is 0. The minimum Gasteiger partial charge on any atom is -0.477 e. The van der Waals surface area contributed by atoms with E-state index in [4.69, 9.17) is 5.11 Å². The Balaban J connectivity index is 0.00000131. The van der Waals surface area contributed by atoms with Crippen LogP contribution in [0.15, 0.2) is 4.99 Å². The first-order valence-corrected chi connectivity index (χ1v) is 14.3. The summed E-state index contributed by atoms with van der Waals surface area (Å²) in [5, 5.41) is 27.6. The van der Waals surface area contributed by atoms with E-state index < -0.39 is 18.2 Å². The summed E-state index contributed by atoms with van der Waals surface area (Å²) in [6, 6.07) is 0. The molecule has 0 radical (unpaired) electrons. The fraction of sp³-hybridized carbons (Fsp3) is 0.893. The molecule has 0 bridgehead atoms. The number of likely N-dealkylation sites (N-methyl/N-ethyl adjacent to an activating group) is 1. The van der Waals surface area contributed by atoms with E-state index in [9.17, 15) is 19.8 Å². The van der Waals surface area contributed by atoms with Crippen LogP contribution in [0.1, 0.15) is 110 Å². The molecule has 1 heterocycles. The lowest BCUT2D eigenvalue weighted by molar-refractivity contribution is -0.877. The van der Waals surface area contributed by atoms with Gasteiger partial charge in [-0.1, -0.05) is 90.4 Å². The van der Waals surface area contributed by atoms with Gasteiger partial charge in [0.1, 0.15) is 6.54 Å². The quantitative estimate of drug-likeness (QED) is 0.151. The number of nitrogens with zero attached hydrogens (tertiary/aromatic N) is 3. The van der Waals surface area contributed by atoms with Gasteiger partial charge in [0.05, 0.1) is 27.7 Å². The van der Waals surface area contributed by atoms with Gasteiger partial charge in [0, 0.05) is 13.3 Å². The molecular formula is C28H57N3O5+2. The lowest BCUT2D eigenvalue weighted by atomic mass is 10.0. The van der Waals surface area contributed by atoms with Crippen molar-refractivity contribution in [1.29, 1.82) is 0 Å². The maximum Gasteiger partial charge on any atom is 0.359 e. The average molecular weight is 516 g/mol. The minimum absolute atomic E-state index is 0.0604. The van der Waals surface area contributed by atoms with Crippen LogP contribution in [0.3, 0.4) is 0 Å². The van der Waals surface area contributed by atoms with Gasteiger partial charge in [0.25, 0.3) is 0 Å². The maximum atomic E-state index is 11.2. The second-order valence-corrected chi connectivity index (χ2v) is 11.4.